The molecule has 0 bridgehead atoms. The van der Waals surface area contributed by atoms with Gasteiger partial charge >= 0.3 is 0 Å². The summed E-state index contributed by atoms with van der Waals surface area (Å²) in [6, 6.07) is 4.90. The lowest BCUT2D eigenvalue weighted by atomic mass is 10.1. The minimum absolute atomic E-state index is 0.00776. The second-order valence-electron chi connectivity index (χ2n) is 6.10. The Morgan fingerprint density at radius 1 is 1.35 bits per heavy atom. The van der Waals surface area contributed by atoms with Crippen molar-refractivity contribution in [1.82, 2.24) is 5.01 Å². The molecule has 10 nitrogen and oxygen atoms in total. The molecule has 0 aromatic heterocycles. The molecule has 2 heterocycles. The molecule has 26 heavy (non-hydrogen) atoms. The molecule has 1 saturated heterocycles. The van der Waals surface area contributed by atoms with Crippen LogP contribution in [-0.2, 0) is 19.4 Å². The number of anilines is 1. The first-order chi connectivity index (χ1) is 12.2. The maximum atomic E-state index is 12.4. The lowest BCUT2D eigenvalue weighted by Gasteiger charge is -2.27. The molecule has 11 heteroatoms. The van der Waals surface area contributed by atoms with Crippen LogP contribution in [0.4, 0.5) is 11.4 Å². The average molecular weight is 380 g/mol. The highest BCUT2D eigenvalue weighted by Crippen LogP contribution is 2.23. The molecule has 1 fully saturated rings. The van der Waals surface area contributed by atoms with E-state index in [0.717, 1.165) is 5.01 Å². The van der Waals surface area contributed by atoms with Gasteiger partial charge in [-0.05, 0) is 12.5 Å². The summed E-state index contributed by atoms with van der Waals surface area (Å²) in [5.74, 6) is -1.07. The molecule has 1 unspecified atom stereocenters. The number of nitro groups is 1. The minimum Gasteiger partial charge on any atom is -0.321 e. The Bertz CT molecular complexity index is 910. The number of benzene rings is 1. The number of rotatable bonds is 4. The van der Waals surface area contributed by atoms with Gasteiger partial charge in [0.05, 0.1) is 22.5 Å². The van der Waals surface area contributed by atoms with Crippen LogP contribution in [0, 0.1) is 10.1 Å². The fourth-order valence-electron chi connectivity index (χ4n) is 2.89. The van der Waals surface area contributed by atoms with E-state index < -0.39 is 26.7 Å². The number of hydrazone groups is 1. The Kier molecular flexibility index (Phi) is 4.72. The van der Waals surface area contributed by atoms with E-state index >= 15 is 0 Å². The Hall–Kier alpha value is -2.82. The SMILES string of the molecule is O=C(Nc1cccc([N+](=O)[O-])c1)C1=NN(C2CCS(=O)(=O)C2)C(=O)CC1. The van der Waals surface area contributed by atoms with Crippen molar-refractivity contribution in [3.05, 3.63) is 34.4 Å². The van der Waals surface area contributed by atoms with Crippen LogP contribution in [0.15, 0.2) is 29.4 Å². The van der Waals surface area contributed by atoms with Gasteiger partial charge in [-0.2, -0.15) is 5.10 Å². The van der Waals surface area contributed by atoms with Gasteiger partial charge in [0.15, 0.2) is 9.84 Å². The second kappa shape index (κ2) is 6.83. The molecule has 3 rings (SSSR count). The lowest BCUT2D eigenvalue weighted by molar-refractivity contribution is -0.384. The third-order valence-corrected chi connectivity index (χ3v) is 5.94. The first-order valence-electron chi connectivity index (χ1n) is 7.91. The van der Waals surface area contributed by atoms with Gasteiger partial charge in [-0.3, -0.25) is 19.7 Å². The summed E-state index contributed by atoms with van der Waals surface area (Å²) in [4.78, 5) is 34.7. The number of non-ortho nitro benzene ring substituents is 1. The topological polar surface area (TPSA) is 139 Å². The zero-order valence-corrected chi connectivity index (χ0v) is 14.4. The first kappa shape index (κ1) is 18.0. The number of sulfone groups is 1. The first-order valence-corrected chi connectivity index (χ1v) is 9.73. The van der Waals surface area contributed by atoms with E-state index in [0.29, 0.717) is 0 Å². The number of nitro benzene ring substituents is 1. The standard InChI is InChI=1S/C15H16N4O6S/c20-14-5-4-13(17-18(14)12-6-7-26(24,25)9-12)15(21)16-10-2-1-3-11(8-10)19(22)23/h1-3,8,12H,4-7,9H2,(H,16,21). The van der Waals surface area contributed by atoms with Crippen LogP contribution in [0.2, 0.25) is 0 Å². The monoisotopic (exact) mass is 380 g/mol. The fourth-order valence-corrected chi connectivity index (χ4v) is 4.58. The molecule has 2 aliphatic rings. The van der Waals surface area contributed by atoms with E-state index in [-0.39, 0.29) is 53.8 Å². The highest BCUT2D eigenvalue weighted by molar-refractivity contribution is 7.91. The number of hydrogen-bond acceptors (Lipinski definition) is 7. The summed E-state index contributed by atoms with van der Waals surface area (Å²) >= 11 is 0. The van der Waals surface area contributed by atoms with Crippen molar-refractivity contribution in [2.24, 2.45) is 5.10 Å². The van der Waals surface area contributed by atoms with E-state index in [2.05, 4.69) is 10.4 Å². The molecule has 2 amide bonds. The Morgan fingerprint density at radius 3 is 2.77 bits per heavy atom. The van der Waals surface area contributed by atoms with E-state index in [9.17, 15) is 28.1 Å². The Labute approximate surface area is 148 Å². The molecule has 0 spiro atoms. The van der Waals surface area contributed by atoms with Crippen molar-refractivity contribution in [2.45, 2.75) is 25.3 Å². The van der Waals surface area contributed by atoms with E-state index in [4.69, 9.17) is 0 Å². The summed E-state index contributed by atoms with van der Waals surface area (Å²) < 4.78 is 23.2. The summed E-state index contributed by atoms with van der Waals surface area (Å²) in [6.45, 7) is 0. The van der Waals surface area contributed by atoms with Gasteiger partial charge in [-0.15, -0.1) is 0 Å². The quantitative estimate of drug-likeness (QED) is 0.602. The van der Waals surface area contributed by atoms with Gasteiger partial charge in [-0.1, -0.05) is 6.07 Å². The lowest BCUT2D eigenvalue weighted by Crippen LogP contribution is -2.42. The van der Waals surface area contributed by atoms with Crippen molar-refractivity contribution in [2.75, 3.05) is 16.8 Å². The van der Waals surface area contributed by atoms with Crippen molar-refractivity contribution in [3.63, 3.8) is 0 Å². The normalized spacial score (nSPS) is 22.0. The molecular formula is C15H16N4O6S. The molecule has 1 aromatic carbocycles. The maximum absolute atomic E-state index is 12.4. The van der Waals surface area contributed by atoms with Gasteiger partial charge in [0.2, 0.25) is 5.91 Å². The number of nitrogens with one attached hydrogen (secondary N) is 1. The predicted molar refractivity (Wildman–Crippen MR) is 92.3 cm³/mol. The van der Waals surface area contributed by atoms with E-state index in [1.807, 2.05) is 0 Å². The summed E-state index contributed by atoms with van der Waals surface area (Å²) in [6.07, 6.45) is 0.463. The van der Waals surface area contributed by atoms with Crippen molar-refractivity contribution >= 4 is 38.7 Å². The van der Waals surface area contributed by atoms with Crippen LogP contribution < -0.4 is 5.32 Å². The van der Waals surface area contributed by atoms with Gasteiger partial charge < -0.3 is 5.32 Å². The highest BCUT2D eigenvalue weighted by Gasteiger charge is 2.37. The zero-order valence-electron chi connectivity index (χ0n) is 13.6. The highest BCUT2D eigenvalue weighted by atomic mass is 32.2. The summed E-state index contributed by atoms with van der Waals surface area (Å²) in [5, 5.41) is 18.5. The molecule has 138 valence electrons. The summed E-state index contributed by atoms with van der Waals surface area (Å²) in [7, 11) is -3.19. The number of nitrogens with zero attached hydrogens (tertiary/aromatic N) is 3. The average Bonchev–Trinajstić information content (AvgIpc) is 2.95. The number of carbonyl (C=O) groups excluding carboxylic acids is 2. The van der Waals surface area contributed by atoms with E-state index in [1.165, 1.54) is 24.3 Å². The number of carbonyl (C=O) groups is 2. The molecule has 0 aliphatic carbocycles. The summed E-state index contributed by atoms with van der Waals surface area (Å²) in [5.41, 5.74) is 0.153. The Morgan fingerprint density at radius 2 is 2.12 bits per heavy atom. The number of amides is 2. The van der Waals surface area contributed by atoms with Crippen molar-refractivity contribution in [3.8, 4) is 0 Å². The van der Waals surface area contributed by atoms with Gasteiger partial charge in [0, 0.05) is 30.7 Å². The van der Waals surface area contributed by atoms with Crippen LogP contribution in [0.25, 0.3) is 0 Å². The minimum atomic E-state index is -3.19. The van der Waals surface area contributed by atoms with Crippen LogP contribution in [0.1, 0.15) is 19.3 Å². The molecule has 0 radical (unpaired) electrons. The molecule has 1 aromatic rings. The van der Waals surface area contributed by atoms with Crippen LogP contribution in [0.3, 0.4) is 0 Å². The van der Waals surface area contributed by atoms with Crippen LogP contribution in [0.5, 0.6) is 0 Å². The molecule has 0 saturated carbocycles. The Balaban J connectivity index is 1.76. The number of hydrogen-bond donors (Lipinski definition) is 1. The largest absolute Gasteiger partial charge is 0.321 e. The molecule has 1 atom stereocenters. The fraction of sp³-hybridized carbons (Fsp3) is 0.400. The van der Waals surface area contributed by atoms with Gasteiger partial charge in [0.1, 0.15) is 5.71 Å². The maximum Gasteiger partial charge on any atom is 0.271 e. The van der Waals surface area contributed by atoms with E-state index in [1.54, 1.807) is 0 Å². The predicted octanol–water partition coefficient (Wildman–Crippen LogP) is 0.699. The van der Waals surface area contributed by atoms with Crippen molar-refractivity contribution < 1.29 is 22.9 Å². The zero-order chi connectivity index (χ0) is 18.9. The van der Waals surface area contributed by atoms with Crippen LogP contribution in [-0.4, -0.2) is 53.4 Å². The van der Waals surface area contributed by atoms with Crippen LogP contribution >= 0.6 is 0 Å². The third kappa shape index (κ3) is 3.87. The van der Waals surface area contributed by atoms with Gasteiger partial charge in [-0.25, -0.2) is 13.4 Å². The molecular weight excluding hydrogens is 364 g/mol. The van der Waals surface area contributed by atoms with Gasteiger partial charge in [0.25, 0.3) is 11.6 Å². The van der Waals surface area contributed by atoms with Crippen molar-refractivity contribution in [1.29, 1.82) is 0 Å². The second-order valence-corrected chi connectivity index (χ2v) is 8.33. The smallest absolute Gasteiger partial charge is 0.271 e. The molecule has 1 N–H and O–H groups in total. The third-order valence-electron chi connectivity index (χ3n) is 4.19. The molecule has 2 aliphatic heterocycles.